The highest BCUT2D eigenvalue weighted by Crippen LogP contribution is 2.22. The standard InChI is InChI=1S/C18H23N3O2S/c1-13-7-4-5-8-14(13)18(23)20-12-17(22)19-11-15(21(2)3)16-9-6-10-24-16/h4-10,15H,11-12H2,1-3H3,(H,19,22)(H,20,23). The van der Waals surface area contributed by atoms with Crippen LogP contribution in [0.5, 0.6) is 0 Å². The summed E-state index contributed by atoms with van der Waals surface area (Å²) >= 11 is 1.67. The van der Waals surface area contributed by atoms with Crippen LogP contribution in [0.4, 0.5) is 0 Å². The van der Waals surface area contributed by atoms with Crippen LogP contribution < -0.4 is 10.6 Å². The Bertz CT molecular complexity index is 683. The molecule has 1 unspecified atom stereocenters. The second-order valence-corrected chi connectivity index (χ2v) is 6.78. The first-order chi connectivity index (χ1) is 11.5. The maximum Gasteiger partial charge on any atom is 0.251 e. The lowest BCUT2D eigenvalue weighted by Gasteiger charge is -2.23. The number of rotatable bonds is 7. The van der Waals surface area contributed by atoms with Gasteiger partial charge in [0.15, 0.2) is 0 Å². The van der Waals surface area contributed by atoms with Crippen LogP contribution in [0.3, 0.4) is 0 Å². The highest BCUT2D eigenvalue weighted by atomic mass is 32.1. The third kappa shape index (κ3) is 4.91. The number of carbonyl (C=O) groups is 2. The maximum atomic E-state index is 12.1. The van der Waals surface area contributed by atoms with E-state index >= 15 is 0 Å². The Hall–Kier alpha value is -2.18. The Kier molecular flexibility index (Phi) is 6.52. The lowest BCUT2D eigenvalue weighted by molar-refractivity contribution is -0.120. The minimum Gasteiger partial charge on any atom is -0.353 e. The molecule has 0 spiro atoms. The number of likely N-dealkylation sites (N-methyl/N-ethyl adjacent to an activating group) is 1. The first kappa shape index (κ1) is 18.2. The van der Waals surface area contributed by atoms with E-state index < -0.39 is 0 Å². The average molecular weight is 345 g/mol. The first-order valence-corrected chi connectivity index (χ1v) is 8.67. The molecular weight excluding hydrogens is 322 g/mol. The van der Waals surface area contributed by atoms with Crippen LogP contribution in [0.25, 0.3) is 0 Å². The quantitative estimate of drug-likeness (QED) is 0.809. The zero-order valence-corrected chi connectivity index (χ0v) is 15.0. The van der Waals surface area contributed by atoms with Gasteiger partial charge in [-0.25, -0.2) is 0 Å². The van der Waals surface area contributed by atoms with Gasteiger partial charge in [-0.15, -0.1) is 11.3 Å². The fraction of sp³-hybridized carbons (Fsp3) is 0.333. The van der Waals surface area contributed by atoms with Crippen LogP contribution in [-0.4, -0.2) is 43.9 Å². The Morgan fingerprint density at radius 3 is 2.50 bits per heavy atom. The lowest BCUT2D eigenvalue weighted by Crippen LogP contribution is -2.40. The number of amides is 2. The van der Waals surface area contributed by atoms with Crippen molar-refractivity contribution in [3.8, 4) is 0 Å². The number of aryl methyl sites for hydroxylation is 1. The zero-order chi connectivity index (χ0) is 17.5. The van der Waals surface area contributed by atoms with Gasteiger partial charge >= 0.3 is 0 Å². The summed E-state index contributed by atoms with van der Waals surface area (Å²) in [4.78, 5) is 27.4. The van der Waals surface area contributed by atoms with E-state index in [1.807, 2.05) is 50.7 Å². The molecule has 1 atom stereocenters. The molecule has 2 N–H and O–H groups in total. The van der Waals surface area contributed by atoms with E-state index in [0.717, 1.165) is 5.56 Å². The Morgan fingerprint density at radius 1 is 1.12 bits per heavy atom. The van der Waals surface area contributed by atoms with Crippen LogP contribution in [0, 0.1) is 6.92 Å². The van der Waals surface area contributed by atoms with Gasteiger partial charge in [0.1, 0.15) is 0 Å². The monoisotopic (exact) mass is 345 g/mol. The molecule has 2 aromatic rings. The highest BCUT2D eigenvalue weighted by Gasteiger charge is 2.16. The number of carbonyl (C=O) groups excluding carboxylic acids is 2. The molecule has 128 valence electrons. The molecule has 0 bridgehead atoms. The van der Waals surface area contributed by atoms with Gasteiger partial charge in [-0.2, -0.15) is 0 Å². The van der Waals surface area contributed by atoms with Crippen molar-refractivity contribution in [2.45, 2.75) is 13.0 Å². The van der Waals surface area contributed by atoms with Crippen LogP contribution in [0.2, 0.25) is 0 Å². The first-order valence-electron chi connectivity index (χ1n) is 7.79. The van der Waals surface area contributed by atoms with Gasteiger partial charge in [-0.1, -0.05) is 24.3 Å². The molecule has 2 amide bonds. The van der Waals surface area contributed by atoms with Gasteiger partial charge in [0.05, 0.1) is 12.6 Å². The molecule has 0 aliphatic rings. The van der Waals surface area contributed by atoms with E-state index in [1.54, 1.807) is 17.4 Å². The fourth-order valence-electron chi connectivity index (χ4n) is 2.37. The Balaban J connectivity index is 1.83. The molecule has 0 aliphatic carbocycles. The molecule has 0 radical (unpaired) electrons. The van der Waals surface area contributed by atoms with Gasteiger partial charge in [0, 0.05) is 17.0 Å². The number of thiophene rings is 1. The summed E-state index contributed by atoms with van der Waals surface area (Å²) < 4.78 is 0. The summed E-state index contributed by atoms with van der Waals surface area (Å²) in [6.45, 7) is 2.35. The van der Waals surface area contributed by atoms with Crippen molar-refractivity contribution in [2.75, 3.05) is 27.2 Å². The van der Waals surface area contributed by atoms with Crippen LogP contribution in [0.1, 0.15) is 26.8 Å². The van der Waals surface area contributed by atoms with E-state index in [0.29, 0.717) is 12.1 Å². The van der Waals surface area contributed by atoms with Crippen LogP contribution >= 0.6 is 11.3 Å². The highest BCUT2D eigenvalue weighted by molar-refractivity contribution is 7.10. The molecule has 1 aromatic heterocycles. The summed E-state index contributed by atoms with van der Waals surface area (Å²) in [5.41, 5.74) is 1.48. The van der Waals surface area contributed by atoms with Crippen molar-refractivity contribution < 1.29 is 9.59 Å². The van der Waals surface area contributed by atoms with E-state index in [9.17, 15) is 9.59 Å². The summed E-state index contributed by atoms with van der Waals surface area (Å²) in [5, 5.41) is 7.57. The van der Waals surface area contributed by atoms with E-state index in [-0.39, 0.29) is 24.4 Å². The second kappa shape index (κ2) is 8.61. The van der Waals surface area contributed by atoms with Crippen molar-refractivity contribution in [2.24, 2.45) is 0 Å². The van der Waals surface area contributed by atoms with Crippen molar-refractivity contribution >= 4 is 23.2 Å². The SMILES string of the molecule is Cc1ccccc1C(=O)NCC(=O)NCC(c1cccs1)N(C)C. The molecule has 6 heteroatoms. The average Bonchev–Trinajstić information content (AvgIpc) is 3.07. The van der Waals surface area contributed by atoms with Crippen LogP contribution in [0.15, 0.2) is 41.8 Å². The smallest absolute Gasteiger partial charge is 0.251 e. The van der Waals surface area contributed by atoms with Gasteiger partial charge in [-0.05, 0) is 44.1 Å². The van der Waals surface area contributed by atoms with Gasteiger partial charge in [-0.3, -0.25) is 9.59 Å². The largest absolute Gasteiger partial charge is 0.353 e. The summed E-state index contributed by atoms with van der Waals surface area (Å²) in [5.74, 6) is -0.425. The number of hydrogen-bond donors (Lipinski definition) is 2. The minimum atomic E-state index is -0.231. The summed E-state index contributed by atoms with van der Waals surface area (Å²) in [7, 11) is 3.97. The molecule has 0 aliphatic heterocycles. The lowest BCUT2D eigenvalue weighted by atomic mass is 10.1. The Labute approximate surface area is 146 Å². The van der Waals surface area contributed by atoms with Crippen molar-refractivity contribution in [1.82, 2.24) is 15.5 Å². The van der Waals surface area contributed by atoms with Crippen molar-refractivity contribution in [1.29, 1.82) is 0 Å². The van der Waals surface area contributed by atoms with Gasteiger partial charge in [0.2, 0.25) is 5.91 Å². The maximum absolute atomic E-state index is 12.1. The molecule has 2 rings (SSSR count). The summed E-state index contributed by atoms with van der Waals surface area (Å²) in [6.07, 6.45) is 0. The number of benzene rings is 1. The molecule has 1 heterocycles. The van der Waals surface area contributed by atoms with E-state index in [4.69, 9.17) is 0 Å². The molecule has 0 saturated heterocycles. The molecule has 5 nitrogen and oxygen atoms in total. The Morgan fingerprint density at radius 2 is 1.88 bits per heavy atom. The topological polar surface area (TPSA) is 61.4 Å². The molecule has 0 fully saturated rings. The third-order valence-electron chi connectivity index (χ3n) is 3.79. The molecular formula is C18H23N3O2S. The predicted molar refractivity (Wildman–Crippen MR) is 97.3 cm³/mol. The van der Waals surface area contributed by atoms with Crippen molar-refractivity contribution in [3.05, 3.63) is 57.8 Å². The third-order valence-corrected chi connectivity index (χ3v) is 4.76. The molecule has 24 heavy (non-hydrogen) atoms. The van der Waals surface area contributed by atoms with Crippen LogP contribution in [-0.2, 0) is 4.79 Å². The number of nitrogens with one attached hydrogen (secondary N) is 2. The zero-order valence-electron chi connectivity index (χ0n) is 14.2. The normalized spacial score (nSPS) is 12.0. The number of nitrogens with zero attached hydrogens (tertiary/aromatic N) is 1. The summed E-state index contributed by atoms with van der Waals surface area (Å²) in [6, 6.07) is 11.5. The van der Waals surface area contributed by atoms with Gasteiger partial charge < -0.3 is 15.5 Å². The molecule has 1 aromatic carbocycles. The van der Waals surface area contributed by atoms with Gasteiger partial charge in [0.25, 0.3) is 5.91 Å². The van der Waals surface area contributed by atoms with E-state index in [2.05, 4.69) is 21.6 Å². The fourth-order valence-corrected chi connectivity index (χ4v) is 3.30. The predicted octanol–water partition coefficient (Wildman–Crippen LogP) is 2.21. The second-order valence-electron chi connectivity index (χ2n) is 5.80. The molecule has 0 saturated carbocycles. The minimum absolute atomic E-state index is 0.0300. The number of hydrogen-bond acceptors (Lipinski definition) is 4. The van der Waals surface area contributed by atoms with E-state index in [1.165, 1.54) is 4.88 Å². The van der Waals surface area contributed by atoms with Crippen molar-refractivity contribution in [3.63, 3.8) is 0 Å².